The van der Waals surface area contributed by atoms with Crippen molar-refractivity contribution in [1.29, 1.82) is 0 Å². The zero-order chi connectivity index (χ0) is 11.4. The molecule has 0 amide bonds. The lowest BCUT2D eigenvalue weighted by Gasteiger charge is -2.41. The molecule has 0 unspecified atom stereocenters. The molecule has 2 rings (SSSR count). The molecule has 0 atom stereocenters. The van der Waals surface area contributed by atoms with Gasteiger partial charge >= 0.3 is 0 Å². The molecule has 1 aromatic rings. The van der Waals surface area contributed by atoms with E-state index in [1.165, 1.54) is 37.9 Å². The minimum Gasteiger partial charge on any atom is -0.351 e. The average molecular weight is 220 g/mol. The molecule has 1 aliphatic carbocycles. The lowest BCUT2D eigenvalue weighted by molar-refractivity contribution is 0.123. The second-order valence-electron chi connectivity index (χ2n) is 5.10. The van der Waals surface area contributed by atoms with Gasteiger partial charge in [-0.2, -0.15) is 0 Å². The first kappa shape index (κ1) is 11.7. The summed E-state index contributed by atoms with van der Waals surface area (Å²) in [6, 6.07) is 4.36. The predicted molar refractivity (Wildman–Crippen MR) is 68.4 cm³/mol. The van der Waals surface area contributed by atoms with E-state index in [4.69, 9.17) is 0 Å². The second-order valence-corrected chi connectivity index (χ2v) is 5.10. The fourth-order valence-electron chi connectivity index (χ4n) is 2.71. The third-order valence-corrected chi connectivity index (χ3v) is 4.23. The molecule has 0 bridgehead atoms. The Kier molecular flexibility index (Phi) is 3.70. The highest BCUT2D eigenvalue weighted by Gasteiger charge is 2.34. The van der Waals surface area contributed by atoms with Crippen LogP contribution >= 0.6 is 0 Å². The van der Waals surface area contributed by atoms with E-state index in [1.54, 1.807) is 0 Å². The van der Waals surface area contributed by atoms with Gasteiger partial charge < -0.3 is 9.88 Å². The summed E-state index contributed by atoms with van der Waals surface area (Å²) in [7, 11) is 0. The largest absolute Gasteiger partial charge is 0.351 e. The van der Waals surface area contributed by atoms with E-state index >= 15 is 0 Å². The fourth-order valence-corrected chi connectivity index (χ4v) is 2.71. The van der Waals surface area contributed by atoms with Crippen LogP contribution in [-0.4, -0.2) is 11.1 Å². The van der Waals surface area contributed by atoms with Gasteiger partial charge in [-0.05, 0) is 43.7 Å². The van der Waals surface area contributed by atoms with Crippen molar-refractivity contribution < 1.29 is 0 Å². The molecule has 1 aromatic heterocycles. The molecule has 1 aliphatic rings. The lowest BCUT2D eigenvalue weighted by atomic mass is 9.67. The van der Waals surface area contributed by atoms with Crippen LogP contribution in [0.2, 0.25) is 0 Å². The minimum absolute atomic E-state index is 0.629. The maximum Gasteiger partial charge on any atom is 0.0359 e. The highest BCUT2D eigenvalue weighted by Crippen LogP contribution is 2.43. The van der Waals surface area contributed by atoms with Crippen LogP contribution in [0.5, 0.6) is 0 Å². The monoisotopic (exact) mass is 220 g/mol. The van der Waals surface area contributed by atoms with Crippen LogP contribution in [0.3, 0.4) is 0 Å². The number of rotatable bonds is 6. The summed E-state index contributed by atoms with van der Waals surface area (Å²) in [5.41, 5.74) is 2.04. The van der Waals surface area contributed by atoms with Gasteiger partial charge in [0, 0.05) is 31.5 Å². The van der Waals surface area contributed by atoms with Gasteiger partial charge in [-0.25, -0.2) is 0 Å². The molecule has 1 fully saturated rings. The molecule has 1 saturated carbocycles. The molecular weight excluding hydrogens is 196 g/mol. The van der Waals surface area contributed by atoms with Gasteiger partial charge in [0.25, 0.3) is 0 Å². The van der Waals surface area contributed by atoms with E-state index < -0.39 is 0 Å². The molecule has 0 saturated heterocycles. The van der Waals surface area contributed by atoms with Crippen molar-refractivity contribution in [2.45, 2.75) is 52.6 Å². The van der Waals surface area contributed by atoms with Gasteiger partial charge in [0.1, 0.15) is 0 Å². The summed E-state index contributed by atoms with van der Waals surface area (Å²) in [6.07, 6.45) is 7.77. The summed E-state index contributed by atoms with van der Waals surface area (Å²) in [6.45, 7) is 7.81. The number of hydrogen-bond acceptors (Lipinski definition) is 1. The Morgan fingerprint density at radius 1 is 1.38 bits per heavy atom. The highest BCUT2D eigenvalue weighted by atomic mass is 15.0. The molecule has 1 heterocycles. The van der Waals surface area contributed by atoms with Crippen molar-refractivity contribution in [3.63, 3.8) is 0 Å². The Morgan fingerprint density at radius 3 is 2.75 bits per heavy atom. The molecular formula is C14H24N2. The molecule has 1 N–H and O–H groups in total. The Labute approximate surface area is 99.0 Å². The number of nitrogens with one attached hydrogen (secondary N) is 1. The summed E-state index contributed by atoms with van der Waals surface area (Å²) in [5, 5.41) is 3.64. The smallest absolute Gasteiger partial charge is 0.0359 e. The van der Waals surface area contributed by atoms with E-state index in [2.05, 4.69) is 42.1 Å². The molecule has 2 nitrogen and oxygen atoms in total. The number of aromatic nitrogens is 1. The Bertz CT molecular complexity index is 318. The second kappa shape index (κ2) is 5.05. The maximum atomic E-state index is 3.64. The lowest BCUT2D eigenvalue weighted by Crippen LogP contribution is -2.39. The predicted octanol–water partition coefficient (Wildman–Crippen LogP) is 3.18. The van der Waals surface area contributed by atoms with Gasteiger partial charge in [-0.1, -0.05) is 13.3 Å². The Morgan fingerprint density at radius 2 is 2.19 bits per heavy atom. The van der Waals surface area contributed by atoms with Crippen LogP contribution in [0, 0.1) is 5.41 Å². The van der Waals surface area contributed by atoms with E-state index in [0.717, 1.165) is 13.1 Å². The quantitative estimate of drug-likeness (QED) is 0.779. The summed E-state index contributed by atoms with van der Waals surface area (Å²) < 4.78 is 2.31. The molecule has 0 spiro atoms. The standard InChI is InChI=1S/C14H24N2/c1-3-14(8-6-9-14)12-15-11-13-7-5-10-16(13)4-2/h5,7,10,15H,3-4,6,8-9,11-12H2,1-2H3. The van der Waals surface area contributed by atoms with Crippen LogP contribution < -0.4 is 5.32 Å². The summed E-state index contributed by atoms with van der Waals surface area (Å²) in [4.78, 5) is 0. The number of aryl methyl sites for hydroxylation is 1. The molecule has 16 heavy (non-hydrogen) atoms. The number of nitrogens with zero attached hydrogens (tertiary/aromatic N) is 1. The summed E-state index contributed by atoms with van der Waals surface area (Å²) in [5.74, 6) is 0. The zero-order valence-electron chi connectivity index (χ0n) is 10.6. The molecule has 0 radical (unpaired) electrons. The fraction of sp³-hybridized carbons (Fsp3) is 0.714. The minimum atomic E-state index is 0.629. The zero-order valence-corrected chi connectivity index (χ0v) is 10.6. The van der Waals surface area contributed by atoms with Gasteiger partial charge in [0.05, 0.1) is 0 Å². The van der Waals surface area contributed by atoms with E-state index in [9.17, 15) is 0 Å². The Balaban J connectivity index is 1.79. The molecule has 0 aliphatic heterocycles. The van der Waals surface area contributed by atoms with Crippen molar-refractivity contribution in [2.75, 3.05) is 6.54 Å². The van der Waals surface area contributed by atoms with Crippen LogP contribution in [0.15, 0.2) is 18.3 Å². The molecule has 0 aromatic carbocycles. The third kappa shape index (κ3) is 2.32. The summed E-state index contributed by atoms with van der Waals surface area (Å²) >= 11 is 0. The van der Waals surface area contributed by atoms with E-state index in [1.807, 2.05) is 0 Å². The average Bonchev–Trinajstić information content (AvgIpc) is 2.69. The van der Waals surface area contributed by atoms with Crippen molar-refractivity contribution >= 4 is 0 Å². The first-order chi connectivity index (χ1) is 7.79. The van der Waals surface area contributed by atoms with Gasteiger partial charge in [0.2, 0.25) is 0 Å². The molecule has 2 heteroatoms. The first-order valence-electron chi connectivity index (χ1n) is 6.64. The van der Waals surface area contributed by atoms with Gasteiger partial charge in [-0.3, -0.25) is 0 Å². The van der Waals surface area contributed by atoms with Crippen molar-refractivity contribution in [3.8, 4) is 0 Å². The van der Waals surface area contributed by atoms with E-state index in [-0.39, 0.29) is 0 Å². The SMILES string of the molecule is CCn1cccc1CNCC1(CC)CCC1. The van der Waals surface area contributed by atoms with Crippen molar-refractivity contribution in [2.24, 2.45) is 5.41 Å². The first-order valence-corrected chi connectivity index (χ1v) is 6.64. The highest BCUT2D eigenvalue weighted by molar-refractivity contribution is 5.07. The van der Waals surface area contributed by atoms with Gasteiger partial charge in [0.15, 0.2) is 0 Å². The van der Waals surface area contributed by atoms with E-state index in [0.29, 0.717) is 5.41 Å². The van der Waals surface area contributed by atoms with Crippen LogP contribution in [0.1, 0.15) is 45.2 Å². The van der Waals surface area contributed by atoms with Crippen LogP contribution in [-0.2, 0) is 13.1 Å². The van der Waals surface area contributed by atoms with Gasteiger partial charge in [-0.15, -0.1) is 0 Å². The van der Waals surface area contributed by atoms with Crippen molar-refractivity contribution in [1.82, 2.24) is 9.88 Å². The van der Waals surface area contributed by atoms with Crippen molar-refractivity contribution in [3.05, 3.63) is 24.0 Å². The normalized spacial score (nSPS) is 18.4. The molecule has 90 valence electrons. The third-order valence-electron chi connectivity index (χ3n) is 4.23. The van der Waals surface area contributed by atoms with Crippen LogP contribution in [0.4, 0.5) is 0 Å². The number of hydrogen-bond donors (Lipinski definition) is 1. The van der Waals surface area contributed by atoms with Crippen LogP contribution in [0.25, 0.3) is 0 Å². The maximum absolute atomic E-state index is 3.64. The topological polar surface area (TPSA) is 17.0 Å². The Hall–Kier alpha value is -0.760.